The SMILES string of the molecule is CCCCCCC(C)NC(=NCc1nc(C)no1)NCC.I. The molecular formula is C15H30IN5O. The maximum Gasteiger partial charge on any atom is 0.248 e. The van der Waals surface area contributed by atoms with E-state index >= 15 is 0 Å². The zero-order valence-electron chi connectivity index (χ0n) is 14.2. The van der Waals surface area contributed by atoms with Crippen LogP contribution in [0, 0.1) is 6.92 Å². The lowest BCUT2D eigenvalue weighted by Crippen LogP contribution is -2.42. The standard InChI is InChI=1S/C15H29N5O.HI/c1-5-7-8-9-10-12(3)18-15(16-6-2)17-11-14-19-13(4)20-21-14;/h12H,5-11H2,1-4H3,(H2,16,17,18);1H. The summed E-state index contributed by atoms with van der Waals surface area (Å²) >= 11 is 0. The average Bonchev–Trinajstić information content (AvgIpc) is 2.87. The monoisotopic (exact) mass is 423 g/mol. The Kier molecular flexibility index (Phi) is 12.2. The van der Waals surface area contributed by atoms with Crippen molar-refractivity contribution in [1.29, 1.82) is 0 Å². The molecule has 1 aromatic rings. The summed E-state index contributed by atoms with van der Waals surface area (Å²) in [7, 11) is 0. The van der Waals surface area contributed by atoms with Crippen LogP contribution in [0.4, 0.5) is 0 Å². The van der Waals surface area contributed by atoms with Crippen molar-refractivity contribution in [3.05, 3.63) is 11.7 Å². The number of aryl methyl sites for hydroxylation is 1. The number of aliphatic imine (C=N–C) groups is 1. The average molecular weight is 423 g/mol. The summed E-state index contributed by atoms with van der Waals surface area (Å²) in [6.07, 6.45) is 6.30. The van der Waals surface area contributed by atoms with E-state index in [0.29, 0.717) is 24.3 Å². The molecule has 6 nitrogen and oxygen atoms in total. The fraction of sp³-hybridized carbons (Fsp3) is 0.800. The van der Waals surface area contributed by atoms with Gasteiger partial charge in [0, 0.05) is 12.6 Å². The normalized spacial score (nSPS) is 12.6. The summed E-state index contributed by atoms with van der Waals surface area (Å²) in [5, 5.41) is 10.4. The van der Waals surface area contributed by atoms with Gasteiger partial charge in [0.25, 0.3) is 0 Å². The van der Waals surface area contributed by atoms with E-state index in [1.54, 1.807) is 6.92 Å². The maximum absolute atomic E-state index is 5.07. The lowest BCUT2D eigenvalue weighted by atomic mass is 10.1. The number of nitrogens with zero attached hydrogens (tertiary/aromatic N) is 3. The van der Waals surface area contributed by atoms with Crippen LogP contribution in [-0.2, 0) is 6.54 Å². The second kappa shape index (κ2) is 12.7. The highest BCUT2D eigenvalue weighted by Crippen LogP contribution is 2.05. The highest BCUT2D eigenvalue weighted by molar-refractivity contribution is 14.0. The molecule has 0 aliphatic carbocycles. The Hall–Kier alpha value is -0.860. The first kappa shape index (κ1) is 21.1. The molecule has 0 fully saturated rings. The van der Waals surface area contributed by atoms with Crippen molar-refractivity contribution in [3.8, 4) is 0 Å². The third-order valence-corrected chi connectivity index (χ3v) is 3.16. The molecule has 0 saturated carbocycles. The largest absolute Gasteiger partial charge is 0.357 e. The number of hydrogen-bond acceptors (Lipinski definition) is 4. The Balaban J connectivity index is 0.00000441. The Morgan fingerprint density at radius 2 is 2.05 bits per heavy atom. The van der Waals surface area contributed by atoms with Crippen LogP contribution in [0.2, 0.25) is 0 Å². The van der Waals surface area contributed by atoms with E-state index in [9.17, 15) is 0 Å². The van der Waals surface area contributed by atoms with Gasteiger partial charge in [0.2, 0.25) is 5.89 Å². The number of guanidine groups is 1. The minimum absolute atomic E-state index is 0. The van der Waals surface area contributed by atoms with Gasteiger partial charge in [0.05, 0.1) is 0 Å². The van der Waals surface area contributed by atoms with Crippen LogP contribution >= 0.6 is 24.0 Å². The van der Waals surface area contributed by atoms with Gasteiger partial charge in [-0.05, 0) is 27.2 Å². The first-order valence-corrected chi connectivity index (χ1v) is 7.99. The summed E-state index contributed by atoms with van der Waals surface area (Å²) in [5.74, 6) is 1.99. The summed E-state index contributed by atoms with van der Waals surface area (Å²) in [6.45, 7) is 9.51. The lowest BCUT2D eigenvalue weighted by molar-refractivity contribution is 0.376. The molecule has 0 aliphatic rings. The molecule has 7 heteroatoms. The van der Waals surface area contributed by atoms with Crippen LogP contribution < -0.4 is 10.6 Å². The molecule has 0 radical (unpaired) electrons. The van der Waals surface area contributed by atoms with E-state index in [1.807, 2.05) is 0 Å². The second-order valence-corrected chi connectivity index (χ2v) is 5.33. The van der Waals surface area contributed by atoms with E-state index < -0.39 is 0 Å². The van der Waals surface area contributed by atoms with Gasteiger partial charge >= 0.3 is 0 Å². The van der Waals surface area contributed by atoms with Crippen LogP contribution in [0.15, 0.2) is 9.52 Å². The van der Waals surface area contributed by atoms with Crippen molar-refractivity contribution in [1.82, 2.24) is 20.8 Å². The number of rotatable bonds is 9. The third-order valence-electron chi connectivity index (χ3n) is 3.16. The topological polar surface area (TPSA) is 75.3 Å². The molecule has 0 aromatic carbocycles. The zero-order chi connectivity index (χ0) is 15.5. The molecule has 1 aromatic heterocycles. The van der Waals surface area contributed by atoms with Crippen molar-refractivity contribution in [2.24, 2.45) is 4.99 Å². The van der Waals surface area contributed by atoms with Crippen LogP contribution in [0.3, 0.4) is 0 Å². The van der Waals surface area contributed by atoms with Gasteiger partial charge in [0.15, 0.2) is 11.8 Å². The number of unbranched alkanes of at least 4 members (excludes halogenated alkanes) is 3. The molecule has 0 aliphatic heterocycles. The van der Waals surface area contributed by atoms with E-state index in [0.717, 1.165) is 18.9 Å². The van der Waals surface area contributed by atoms with E-state index in [-0.39, 0.29) is 24.0 Å². The van der Waals surface area contributed by atoms with E-state index in [2.05, 4.69) is 46.5 Å². The molecule has 0 saturated heterocycles. The van der Waals surface area contributed by atoms with Gasteiger partial charge < -0.3 is 15.2 Å². The zero-order valence-corrected chi connectivity index (χ0v) is 16.5. The maximum atomic E-state index is 5.07. The number of halogens is 1. The van der Waals surface area contributed by atoms with Gasteiger partial charge in [-0.15, -0.1) is 24.0 Å². The second-order valence-electron chi connectivity index (χ2n) is 5.33. The molecule has 128 valence electrons. The highest BCUT2D eigenvalue weighted by atomic mass is 127. The molecule has 1 unspecified atom stereocenters. The molecule has 0 amide bonds. The molecule has 1 atom stereocenters. The Labute approximate surface area is 150 Å². The van der Waals surface area contributed by atoms with Gasteiger partial charge in [-0.25, -0.2) is 4.99 Å². The summed E-state index contributed by atoms with van der Waals surface area (Å²) in [6, 6.07) is 0.407. The predicted octanol–water partition coefficient (Wildman–Crippen LogP) is 3.41. The van der Waals surface area contributed by atoms with Crippen molar-refractivity contribution in [2.75, 3.05) is 6.54 Å². The lowest BCUT2D eigenvalue weighted by Gasteiger charge is -2.17. The van der Waals surface area contributed by atoms with Gasteiger partial charge in [-0.3, -0.25) is 0 Å². The number of hydrogen-bond donors (Lipinski definition) is 2. The first-order chi connectivity index (χ1) is 10.2. The minimum atomic E-state index is 0. The van der Waals surface area contributed by atoms with Gasteiger partial charge in [0.1, 0.15) is 6.54 Å². The quantitative estimate of drug-likeness (QED) is 0.276. The Morgan fingerprint density at radius 3 is 2.64 bits per heavy atom. The van der Waals surface area contributed by atoms with Crippen molar-refractivity contribution in [2.45, 2.75) is 72.4 Å². The smallest absolute Gasteiger partial charge is 0.248 e. The Bertz CT molecular complexity index is 422. The van der Waals surface area contributed by atoms with Crippen LogP contribution in [0.5, 0.6) is 0 Å². The molecular weight excluding hydrogens is 393 g/mol. The number of nitrogens with one attached hydrogen (secondary N) is 2. The molecule has 2 N–H and O–H groups in total. The van der Waals surface area contributed by atoms with Crippen molar-refractivity contribution in [3.63, 3.8) is 0 Å². The highest BCUT2D eigenvalue weighted by Gasteiger charge is 2.06. The molecule has 1 rings (SSSR count). The fourth-order valence-corrected chi connectivity index (χ4v) is 2.05. The Morgan fingerprint density at radius 1 is 1.27 bits per heavy atom. The minimum Gasteiger partial charge on any atom is -0.357 e. The van der Waals surface area contributed by atoms with E-state index in [4.69, 9.17) is 4.52 Å². The van der Waals surface area contributed by atoms with E-state index in [1.165, 1.54) is 25.7 Å². The summed E-state index contributed by atoms with van der Waals surface area (Å²) in [5.41, 5.74) is 0. The summed E-state index contributed by atoms with van der Waals surface area (Å²) in [4.78, 5) is 8.63. The number of aromatic nitrogens is 2. The fourth-order valence-electron chi connectivity index (χ4n) is 2.05. The molecule has 22 heavy (non-hydrogen) atoms. The molecule has 0 bridgehead atoms. The van der Waals surface area contributed by atoms with Crippen LogP contribution in [0.1, 0.15) is 64.6 Å². The van der Waals surface area contributed by atoms with Gasteiger partial charge in [-0.1, -0.05) is 37.8 Å². The van der Waals surface area contributed by atoms with Crippen LogP contribution in [-0.4, -0.2) is 28.7 Å². The third kappa shape index (κ3) is 9.22. The molecule has 0 spiro atoms. The van der Waals surface area contributed by atoms with Gasteiger partial charge in [-0.2, -0.15) is 4.98 Å². The molecule has 1 heterocycles. The van der Waals surface area contributed by atoms with Crippen molar-refractivity contribution >= 4 is 29.9 Å². The predicted molar refractivity (Wildman–Crippen MR) is 101 cm³/mol. The van der Waals surface area contributed by atoms with Crippen LogP contribution in [0.25, 0.3) is 0 Å². The van der Waals surface area contributed by atoms with Crippen molar-refractivity contribution < 1.29 is 4.52 Å². The first-order valence-electron chi connectivity index (χ1n) is 7.99. The summed E-state index contributed by atoms with van der Waals surface area (Å²) < 4.78 is 5.07.